The number of pyridine rings is 1. The quantitative estimate of drug-likeness (QED) is 0.687. The van der Waals surface area contributed by atoms with Gasteiger partial charge in [0.1, 0.15) is 0 Å². The Bertz CT molecular complexity index is 564. The van der Waals surface area contributed by atoms with E-state index in [0.717, 1.165) is 19.3 Å². The Morgan fingerprint density at radius 2 is 2.04 bits per heavy atom. The van der Waals surface area contributed by atoms with Gasteiger partial charge in [0.05, 0.1) is 11.9 Å². The van der Waals surface area contributed by atoms with E-state index in [2.05, 4.69) is 15.0 Å². The van der Waals surface area contributed by atoms with E-state index in [9.17, 15) is 22.4 Å². The van der Waals surface area contributed by atoms with Crippen molar-refractivity contribution in [2.45, 2.75) is 44.1 Å². The third-order valence-corrected chi connectivity index (χ3v) is 3.82. The van der Waals surface area contributed by atoms with E-state index >= 15 is 0 Å². The highest BCUT2D eigenvalue weighted by atomic mass is 35.5. The van der Waals surface area contributed by atoms with Gasteiger partial charge in [-0.2, -0.15) is 8.78 Å². The van der Waals surface area contributed by atoms with Gasteiger partial charge in [-0.1, -0.05) is 6.42 Å². The number of nitrogens with one attached hydrogen (secondary N) is 1. The molecule has 0 spiro atoms. The second kappa shape index (κ2) is 10.7. The molecule has 2 unspecified atom stereocenters. The van der Waals surface area contributed by atoms with Gasteiger partial charge in [-0.05, 0) is 25.3 Å². The van der Waals surface area contributed by atoms with Crippen molar-refractivity contribution >= 4 is 36.4 Å². The lowest BCUT2D eigenvalue weighted by Crippen LogP contribution is -2.34. The number of hydrogen-bond acceptors (Lipinski definition) is 4. The van der Waals surface area contributed by atoms with E-state index in [1.165, 1.54) is 18.3 Å². The van der Waals surface area contributed by atoms with Crippen LogP contribution in [0, 0.1) is 5.92 Å². The van der Waals surface area contributed by atoms with Crippen LogP contribution in [0.2, 0.25) is 0 Å². The summed E-state index contributed by atoms with van der Waals surface area (Å²) in [7, 11) is 0. The molecular weight excluding hydrogens is 401 g/mol. The highest BCUT2D eigenvalue weighted by molar-refractivity contribution is 5.92. The number of halogens is 6. The standard InChI is InChI=1S/C15H19F4N3O2.2ClH/c16-14(17)15(18,19)8-24-12-5-4-11(7-21-12)22-13(23)9-2-1-3-10(20)6-9;;/h4-5,7,9-10,14H,1-3,6,8,20H2,(H,22,23);2*1H. The molecule has 1 aromatic heterocycles. The van der Waals surface area contributed by atoms with Crippen molar-refractivity contribution < 1.29 is 27.1 Å². The van der Waals surface area contributed by atoms with Crippen molar-refractivity contribution in [1.82, 2.24) is 4.98 Å². The van der Waals surface area contributed by atoms with Crippen molar-refractivity contribution in [2.75, 3.05) is 11.9 Å². The number of carbonyl (C=O) groups is 1. The van der Waals surface area contributed by atoms with Crippen LogP contribution in [-0.4, -0.2) is 35.9 Å². The van der Waals surface area contributed by atoms with Gasteiger partial charge < -0.3 is 15.8 Å². The minimum absolute atomic E-state index is 0. The van der Waals surface area contributed by atoms with E-state index < -0.39 is 19.0 Å². The topological polar surface area (TPSA) is 77.2 Å². The van der Waals surface area contributed by atoms with E-state index in [1.807, 2.05) is 0 Å². The number of aromatic nitrogens is 1. The molecule has 0 aromatic carbocycles. The SMILES string of the molecule is Cl.Cl.NC1CCCC(C(=O)Nc2ccc(OCC(F)(F)C(F)F)nc2)C1. The Kier molecular flexibility index (Phi) is 10.2. The molecule has 26 heavy (non-hydrogen) atoms. The maximum Gasteiger partial charge on any atom is 0.340 e. The largest absolute Gasteiger partial charge is 0.471 e. The summed E-state index contributed by atoms with van der Waals surface area (Å²) in [6.45, 7) is -1.47. The van der Waals surface area contributed by atoms with Crippen LogP contribution in [0.25, 0.3) is 0 Å². The van der Waals surface area contributed by atoms with Crippen LogP contribution in [-0.2, 0) is 4.79 Å². The van der Waals surface area contributed by atoms with Crippen LogP contribution in [0.3, 0.4) is 0 Å². The number of ether oxygens (including phenoxy) is 1. The predicted octanol–water partition coefficient (Wildman–Crippen LogP) is 3.66. The molecule has 1 aliphatic carbocycles. The zero-order valence-corrected chi connectivity index (χ0v) is 15.3. The fourth-order valence-electron chi connectivity index (χ4n) is 2.48. The molecule has 0 bridgehead atoms. The molecular formula is C15H21Cl2F4N3O2. The van der Waals surface area contributed by atoms with Crippen molar-refractivity contribution in [3.63, 3.8) is 0 Å². The number of amides is 1. The predicted molar refractivity (Wildman–Crippen MR) is 93.7 cm³/mol. The fourth-order valence-corrected chi connectivity index (χ4v) is 2.48. The molecule has 2 rings (SSSR count). The molecule has 3 N–H and O–H groups in total. The fraction of sp³-hybridized carbons (Fsp3) is 0.600. The molecule has 2 atom stereocenters. The van der Waals surface area contributed by atoms with Crippen LogP contribution >= 0.6 is 24.8 Å². The third-order valence-electron chi connectivity index (χ3n) is 3.82. The monoisotopic (exact) mass is 421 g/mol. The second-order valence-electron chi connectivity index (χ2n) is 5.85. The summed E-state index contributed by atoms with van der Waals surface area (Å²) in [5.41, 5.74) is 6.21. The molecule has 1 amide bonds. The first kappa shape index (κ1) is 24.7. The summed E-state index contributed by atoms with van der Waals surface area (Å²) in [5, 5.41) is 2.67. The Hall–Kier alpha value is -1.32. The molecule has 1 heterocycles. The van der Waals surface area contributed by atoms with Crippen LogP contribution in [0.5, 0.6) is 5.88 Å². The molecule has 1 fully saturated rings. The minimum Gasteiger partial charge on any atom is -0.471 e. The third kappa shape index (κ3) is 7.13. The lowest BCUT2D eigenvalue weighted by Gasteiger charge is -2.25. The van der Waals surface area contributed by atoms with Crippen molar-refractivity contribution in [3.05, 3.63) is 18.3 Å². The Balaban J connectivity index is 0.00000312. The molecule has 0 radical (unpaired) electrons. The number of carbonyl (C=O) groups excluding carboxylic acids is 1. The van der Waals surface area contributed by atoms with E-state index in [0.29, 0.717) is 12.1 Å². The van der Waals surface area contributed by atoms with Gasteiger partial charge in [0.2, 0.25) is 11.8 Å². The first-order valence-electron chi connectivity index (χ1n) is 7.59. The summed E-state index contributed by atoms with van der Waals surface area (Å²) in [4.78, 5) is 15.8. The first-order chi connectivity index (χ1) is 11.3. The summed E-state index contributed by atoms with van der Waals surface area (Å²) >= 11 is 0. The number of nitrogens with zero attached hydrogens (tertiary/aromatic N) is 1. The minimum atomic E-state index is -4.24. The maximum absolute atomic E-state index is 12.8. The van der Waals surface area contributed by atoms with Crippen LogP contribution in [0.15, 0.2) is 18.3 Å². The van der Waals surface area contributed by atoms with Crippen molar-refractivity contribution in [1.29, 1.82) is 0 Å². The second-order valence-corrected chi connectivity index (χ2v) is 5.85. The van der Waals surface area contributed by atoms with Gasteiger partial charge in [0.15, 0.2) is 6.61 Å². The Labute approximate surface area is 160 Å². The van der Waals surface area contributed by atoms with E-state index in [4.69, 9.17) is 5.73 Å². The van der Waals surface area contributed by atoms with Crippen LogP contribution < -0.4 is 15.8 Å². The smallest absolute Gasteiger partial charge is 0.340 e. The normalized spacial score (nSPS) is 19.9. The number of nitrogens with two attached hydrogens (primary N) is 1. The number of anilines is 1. The summed E-state index contributed by atoms with van der Waals surface area (Å²) in [6, 6.07) is 2.65. The lowest BCUT2D eigenvalue weighted by molar-refractivity contribution is -0.148. The molecule has 0 saturated heterocycles. The van der Waals surface area contributed by atoms with Gasteiger partial charge in [-0.15, -0.1) is 24.8 Å². The van der Waals surface area contributed by atoms with Gasteiger partial charge >= 0.3 is 12.3 Å². The molecule has 5 nitrogen and oxygen atoms in total. The average molecular weight is 422 g/mol. The Morgan fingerprint density at radius 1 is 1.35 bits per heavy atom. The summed E-state index contributed by atoms with van der Waals surface area (Å²) in [6.07, 6.45) is 0.581. The van der Waals surface area contributed by atoms with E-state index in [-0.39, 0.29) is 48.6 Å². The highest BCUT2D eigenvalue weighted by Crippen LogP contribution is 2.26. The zero-order valence-electron chi connectivity index (χ0n) is 13.7. The average Bonchev–Trinajstić information content (AvgIpc) is 2.54. The van der Waals surface area contributed by atoms with E-state index in [1.54, 1.807) is 0 Å². The van der Waals surface area contributed by atoms with Crippen molar-refractivity contribution in [3.8, 4) is 5.88 Å². The van der Waals surface area contributed by atoms with Gasteiger partial charge in [0, 0.05) is 18.0 Å². The van der Waals surface area contributed by atoms with Gasteiger partial charge in [-0.3, -0.25) is 4.79 Å². The zero-order chi connectivity index (χ0) is 17.7. The summed E-state index contributed by atoms with van der Waals surface area (Å²) < 4.78 is 54.1. The van der Waals surface area contributed by atoms with Crippen LogP contribution in [0.1, 0.15) is 25.7 Å². The molecule has 1 saturated carbocycles. The maximum atomic E-state index is 12.8. The summed E-state index contributed by atoms with van der Waals surface area (Å²) in [5.74, 6) is -4.82. The number of alkyl halides is 4. The molecule has 11 heteroatoms. The van der Waals surface area contributed by atoms with Gasteiger partial charge in [-0.25, -0.2) is 13.8 Å². The number of rotatable bonds is 6. The lowest BCUT2D eigenvalue weighted by atomic mass is 9.85. The number of hydrogen-bond donors (Lipinski definition) is 2. The van der Waals surface area contributed by atoms with Crippen LogP contribution in [0.4, 0.5) is 23.2 Å². The first-order valence-corrected chi connectivity index (χ1v) is 7.59. The van der Waals surface area contributed by atoms with Crippen molar-refractivity contribution in [2.24, 2.45) is 11.7 Å². The molecule has 150 valence electrons. The highest BCUT2D eigenvalue weighted by Gasteiger charge is 2.41. The Morgan fingerprint density at radius 3 is 2.58 bits per heavy atom. The molecule has 1 aliphatic rings. The van der Waals surface area contributed by atoms with Gasteiger partial charge in [0.25, 0.3) is 0 Å². The molecule has 1 aromatic rings. The molecule has 0 aliphatic heterocycles.